The van der Waals surface area contributed by atoms with Gasteiger partial charge in [0.05, 0.1) is 16.0 Å². The summed E-state index contributed by atoms with van der Waals surface area (Å²) in [6.07, 6.45) is 3.17. The van der Waals surface area contributed by atoms with Gasteiger partial charge >= 0.3 is 0 Å². The molecule has 3 aromatic rings. The van der Waals surface area contributed by atoms with Crippen molar-refractivity contribution in [3.63, 3.8) is 0 Å². The molecule has 0 aliphatic carbocycles. The highest BCUT2D eigenvalue weighted by Crippen LogP contribution is 2.36. The van der Waals surface area contributed by atoms with Crippen LogP contribution in [-0.2, 0) is 0 Å². The summed E-state index contributed by atoms with van der Waals surface area (Å²) in [7, 11) is 0. The number of hydrogen-bond acceptors (Lipinski definition) is 7. The molecule has 1 amide bonds. The number of benzene rings is 1. The zero-order valence-corrected chi connectivity index (χ0v) is 16.1. The highest BCUT2D eigenvalue weighted by molar-refractivity contribution is 7.20. The highest BCUT2D eigenvalue weighted by atomic mass is 32.1. The van der Waals surface area contributed by atoms with Crippen molar-refractivity contribution < 1.29 is 13.9 Å². The van der Waals surface area contributed by atoms with Crippen LogP contribution in [0.3, 0.4) is 0 Å². The molecule has 1 saturated heterocycles. The molecule has 4 rings (SSSR count). The monoisotopic (exact) mass is 401 g/mol. The molecule has 4 N–H and O–H groups in total. The number of fused-ring (bicyclic) bond motifs is 1. The van der Waals surface area contributed by atoms with Gasteiger partial charge in [-0.15, -0.1) is 11.3 Å². The fourth-order valence-electron chi connectivity index (χ4n) is 3.32. The molecule has 0 unspecified atom stereocenters. The van der Waals surface area contributed by atoms with Gasteiger partial charge in [-0.05, 0) is 50.6 Å². The molecule has 1 aromatic carbocycles. The van der Waals surface area contributed by atoms with Gasteiger partial charge in [-0.2, -0.15) is 0 Å². The number of nitrogens with two attached hydrogens (primary N) is 1. The average molecular weight is 401 g/mol. The number of anilines is 2. The van der Waals surface area contributed by atoms with Gasteiger partial charge in [0.25, 0.3) is 5.91 Å². The molecule has 0 atom stereocenters. The first kappa shape index (κ1) is 18.6. The number of primary amides is 1. The van der Waals surface area contributed by atoms with E-state index < -0.39 is 5.91 Å². The van der Waals surface area contributed by atoms with E-state index >= 15 is 0 Å². The van der Waals surface area contributed by atoms with E-state index in [9.17, 15) is 9.18 Å². The van der Waals surface area contributed by atoms with Crippen molar-refractivity contribution in [3.05, 3.63) is 40.8 Å². The van der Waals surface area contributed by atoms with Crippen LogP contribution in [0.2, 0.25) is 0 Å². The molecule has 3 heterocycles. The zero-order chi connectivity index (χ0) is 19.7. The van der Waals surface area contributed by atoms with E-state index in [2.05, 4.69) is 20.6 Å². The Morgan fingerprint density at radius 3 is 2.89 bits per heavy atom. The lowest BCUT2D eigenvalue weighted by atomic mass is 10.1. The number of rotatable bonds is 5. The first-order chi connectivity index (χ1) is 13.5. The number of carbonyl (C=O) groups is 1. The summed E-state index contributed by atoms with van der Waals surface area (Å²) in [5.74, 6) is 0.0860. The highest BCUT2D eigenvalue weighted by Gasteiger charge is 2.20. The smallest absolute Gasteiger partial charge is 0.259 e. The summed E-state index contributed by atoms with van der Waals surface area (Å²) in [6, 6.07) is 4.36. The zero-order valence-electron chi connectivity index (χ0n) is 15.3. The molecule has 9 heteroatoms. The van der Waals surface area contributed by atoms with Gasteiger partial charge in [0, 0.05) is 6.07 Å². The third kappa shape index (κ3) is 3.63. The fourth-order valence-corrected chi connectivity index (χ4v) is 4.32. The van der Waals surface area contributed by atoms with Gasteiger partial charge in [0.1, 0.15) is 34.6 Å². The number of piperidine rings is 1. The van der Waals surface area contributed by atoms with Crippen LogP contribution in [0.4, 0.5) is 15.9 Å². The summed E-state index contributed by atoms with van der Waals surface area (Å²) >= 11 is 1.23. The summed E-state index contributed by atoms with van der Waals surface area (Å²) < 4.78 is 19.9. The van der Waals surface area contributed by atoms with Gasteiger partial charge in [-0.25, -0.2) is 14.4 Å². The normalized spacial score (nSPS) is 14.9. The van der Waals surface area contributed by atoms with Crippen molar-refractivity contribution in [2.45, 2.75) is 25.9 Å². The Morgan fingerprint density at radius 1 is 1.36 bits per heavy atom. The summed E-state index contributed by atoms with van der Waals surface area (Å²) in [4.78, 5) is 21.3. The molecule has 0 saturated carbocycles. The molecule has 1 fully saturated rings. The number of nitrogens with one attached hydrogen (secondary N) is 2. The van der Waals surface area contributed by atoms with Crippen LogP contribution in [-0.4, -0.2) is 35.1 Å². The molecule has 0 radical (unpaired) electrons. The van der Waals surface area contributed by atoms with E-state index in [1.165, 1.54) is 29.8 Å². The van der Waals surface area contributed by atoms with Gasteiger partial charge in [-0.3, -0.25) is 4.79 Å². The maximum absolute atomic E-state index is 13.9. The maximum Gasteiger partial charge on any atom is 0.259 e. The molecule has 2 aromatic heterocycles. The Labute approximate surface area is 165 Å². The number of aromatic nitrogens is 2. The topological polar surface area (TPSA) is 102 Å². The molecule has 1 aliphatic heterocycles. The maximum atomic E-state index is 13.9. The Balaban J connectivity index is 1.70. The van der Waals surface area contributed by atoms with Crippen molar-refractivity contribution in [1.82, 2.24) is 15.3 Å². The number of hydrogen-bond donors (Lipinski definition) is 3. The molecule has 1 aliphatic rings. The lowest BCUT2D eigenvalue weighted by Gasteiger charge is -2.25. The predicted octanol–water partition coefficient (Wildman–Crippen LogP) is 3.11. The van der Waals surface area contributed by atoms with Crippen molar-refractivity contribution in [2.75, 3.05) is 18.4 Å². The van der Waals surface area contributed by atoms with Gasteiger partial charge in [0.2, 0.25) is 0 Å². The van der Waals surface area contributed by atoms with Crippen molar-refractivity contribution in [1.29, 1.82) is 0 Å². The van der Waals surface area contributed by atoms with Crippen LogP contribution in [0.1, 0.15) is 28.1 Å². The van der Waals surface area contributed by atoms with E-state index in [1.54, 1.807) is 6.07 Å². The number of amides is 1. The number of ether oxygens (including phenoxy) is 1. The third-order valence-corrected chi connectivity index (χ3v) is 5.94. The average Bonchev–Trinajstić information content (AvgIpc) is 3.03. The lowest BCUT2D eigenvalue weighted by Crippen LogP contribution is -2.34. The van der Waals surface area contributed by atoms with E-state index in [4.69, 9.17) is 10.5 Å². The standard InChI is InChI=1S/C19H20FN5O2S/c1-10-15-18(23-9-24-19(15)28-16(10)17(21)26)25-13-3-2-11(20)8-14(13)27-12-4-6-22-7-5-12/h2-3,8-9,12,22H,4-7H2,1H3,(H2,21,26)(H,23,24,25). The fraction of sp³-hybridized carbons (Fsp3) is 0.316. The van der Waals surface area contributed by atoms with Crippen LogP contribution >= 0.6 is 11.3 Å². The van der Waals surface area contributed by atoms with Crippen molar-refractivity contribution in [3.8, 4) is 5.75 Å². The lowest BCUT2D eigenvalue weighted by molar-refractivity contribution is 0.100. The molecule has 28 heavy (non-hydrogen) atoms. The van der Waals surface area contributed by atoms with Gasteiger partial charge in [0.15, 0.2) is 0 Å². The van der Waals surface area contributed by atoms with Gasteiger partial charge < -0.3 is 21.1 Å². The first-order valence-electron chi connectivity index (χ1n) is 9.01. The van der Waals surface area contributed by atoms with Gasteiger partial charge in [-0.1, -0.05) is 0 Å². The number of nitrogens with zero attached hydrogens (tertiary/aromatic N) is 2. The largest absolute Gasteiger partial charge is 0.488 e. The molecular weight excluding hydrogens is 381 g/mol. The molecular formula is C19H20FN5O2S. The minimum atomic E-state index is -0.497. The minimum Gasteiger partial charge on any atom is -0.488 e. The summed E-state index contributed by atoms with van der Waals surface area (Å²) in [5.41, 5.74) is 6.79. The number of carbonyl (C=O) groups excluding carboxylic acids is 1. The second kappa shape index (κ2) is 7.69. The van der Waals surface area contributed by atoms with Crippen LogP contribution < -0.4 is 21.1 Å². The second-order valence-corrected chi connectivity index (χ2v) is 7.65. The molecule has 0 spiro atoms. The Hall–Kier alpha value is -2.78. The Kier molecular flexibility index (Phi) is 5.10. The van der Waals surface area contributed by atoms with Crippen LogP contribution in [0.15, 0.2) is 24.5 Å². The minimum absolute atomic E-state index is 0.0263. The van der Waals surface area contributed by atoms with Crippen LogP contribution in [0, 0.1) is 12.7 Å². The van der Waals surface area contributed by atoms with Crippen LogP contribution in [0.5, 0.6) is 5.75 Å². The summed E-state index contributed by atoms with van der Waals surface area (Å²) in [5, 5.41) is 7.22. The van der Waals surface area contributed by atoms with Crippen LogP contribution in [0.25, 0.3) is 10.2 Å². The van der Waals surface area contributed by atoms with E-state index in [1.807, 2.05) is 6.92 Å². The second-order valence-electron chi connectivity index (χ2n) is 6.66. The third-order valence-electron chi connectivity index (χ3n) is 4.73. The number of thiophene rings is 1. The SMILES string of the molecule is Cc1c(C(N)=O)sc2ncnc(Nc3ccc(F)cc3OC3CCNCC3)c12. The molecule has 146 valence electrons. The Morgan fingerprint density at radius 2 is 2.14 bits per heavy atom. The predicted molar refractivity (Wildman–Crippen MR) is 107 cm³/mol. The van der Waals surface area contributed by atoms with Crippen molar-refractivity contribution in [2.24, 2.45) is 5.73 Å². The number of halogens is 1. The van der Waals surface area contributed by atoms with E-state index in [0.29, 0.717) is 27.0 Å². The summed E-state index contributed by atoms with van der Waals surface area (Å²) in [6.45, 7) is 3.56. The molecule has 0 bridgehead atoms. The number of aryl methyl sites for hydroxylation is 1. The first-order valence-corrected chi connectivity index (χ1v) is 9.82. The quantitative estimate of drug-likeness (QED) is 0.607. The van der Waals surface area contributed by atoms with E-state index in [0.717, 1.165) is 36.9 Å². The van der Waals surface area contributed by atoms with Crippen molar-refractivity contribution >= 4 is 39.0 Å². The molecule has 7 nitrogen and oxygen atoms in total. The Bertz CT molecular complexity index is 1030. The van der Waals surface area contributed by atoms with E-state index in [-0.39, 0.29) is 11.9 Å².